The fraction of sp³-hybridized carbons (Fsp3) is 1.00. The maximum absolute atomic E-state index is 5.69. The van der Waals surface area contributed by atoms with E-state index in [0.29, 0.717) is 17.5 Å². The van der Waals surface area contributed by atoms with Gasteiger partial charge in [-0.15, -0.1) is 0 Å². The molecule has 0 aliphatic carbocycles. The molecule has 0 saturated carbocycles. The van der Waals surface area contributed by atoms with Gasteiger partial charge in [-0.1, -0.05) is 34.6 Å². The van der Waals surface area contributed by atoms with Crippen LogP contribution in [0.25, 0.3) is 0 Å². The van der Waals surface area contributed by atoms with E-state index in [1.54, 1.807) is 0 Å². The second-order valence-electron chi connectivity index (χ2n) is 6.26. The fourth-order valence-electron chi connectivity index (χ4n) is 3.07. The van der Waals surface area contributed by atoms with E-state index in [4.69, 9.17) is 4.74 Å². The van der Waals surface area contributed by atoms with Crippen LogP contribution in [0.5, 0.6) is 0 Å². The molecule has 1 aliphatic rings. The zero-order valence-electron chi connectivity index (χ0n) is 13.7. The van der Waals surface area contributed by atoms with E-state index >= 15 is 0 Å². The van der Waals surface area contributed by atoms with Gasteiger partial charge in [-0.05, 0) is 25.2 Å². The predicted molar refractivity (Wildman–Crippen MR) is 82.6 cm³/mol. The van der Waals surface area contributed by atoms with Crippen LogP contribution >= 0.6 is 0 Å². The van der Waals surface area contributed by atoms with Gasteiger partial charge in [-0.2, -0.15) is 0 Å². The van der Waals surface area contributed by atoms with Crippen molar-refractivity contribution in [2.24, 2.45) is 5.92 Å². The van der Waals surface area contributed by atoms with Crippen LogP contribution in [0.2, 0.25) is 0 Å². The van der Waals surface area contributed by atoms with Crippen molar-refractivity contribution >= 4 is 0 Å². The van der Waals surface area contributed by atoms with Gasteiger partial charge < -0.3 is 10.1 Å². The normalized spacial score (nSPS) is 24.0. The van der Waals surface area contributed by atoms with Crippen LogP contribution in [0.1, 0.15) is 53.9 Å². The van der Waals surface area contributed by atoms with Gasteiger partial charge >= 0.3 is 0 Å². The zero-order valence-corrected chi connectivity index (χ0v) is 13.7. The zero-order chi connectivity index (χ0) is 14.3. The van der Waals surface area contributed by atoms with Crippen LogP contribution in [0.15, 0.2) is 0 Å². The summed E-state index contributed by atoms with van der Waals surface area (Å²) in [7, 11) is 0. The average molecular weight is 270 g/mol. The Balaban J connectivity index is 2.57. The number of hydrogen-bond donors (Lipinski definition) is 1. The molecule has 0 radical (unpaired) electrons. The Kier molecular flexibility index (Phi) is 7.33. The highest BCUT2D eigenvalue weighted by Gasteiger charge is 2.37. The minimum absolute atomic E-state index is 0.316. The average Bonchev–Trinajstić information content (AvgIpc) is 2.43. The molecule has 114 valence electrons. The third-order valence-electron chi connectivity index (χ3n) is 4.66. The first-order valence-electron chi connectivity index (χ1n) is 8.15. The Labute approximate surface area is 120 Å². The van der Waals surface area contributed by atoms with Gasteiger partial charge in [0.05, 0.1) is 6.61 Å². The van der Waals surface area contributed by atoms with Gasteiger partial charge in [-0.3, -0.25) is 4.90 Å². The predicted octanol–water partition coefficient (Wildman–Crippen LogP) is 2.90. The van der Waals surface area contributed by atoms with Crippen molar-refractivity contribution in [2.45, 2.75) is 65.5 Å². The van der Waals surface area contributed by atoms with Crippen molar-refractivity contribution in [2.75, 3.05) is 32.8 Å². The van der Waals surface area contributed by atoms with Crippen LogP contribution in [0.3, 0.4) is 0 Å². The molecule has 1 N–H and O–H groups in total. The maximum Gasteiger partial charge on any atom is 0.0593 e. The Morgan fingerprint density at radius 1 is 1.21 bits per heavy atom. The lowest BCUT2D eigenvalue weighted by molar-refractivity contribution is 0.0219. The number of piperazine rings is 1. The number of hydrogen-bond acceptors (Lipinski definition) is 3. The topological polar surface area (TPSA) is 24.5 Å². The van der Waals surface area contributed by atoms with Gasteiger partial charge in [0.25, 0.3) is 0 Å². The molecule has 19 heavy (non-hydrogen) atoms. The summed E-state index contributed by atoms with van der Waals surface area (Å²) in [5.74, 6) is 0.699. The van der Waals surface area contributed by atoms with E-state index in [1.165, 1.54) is 19.4 Å². The van der Waals surface area contributed by atoms with Gasteiger partial charge in [0.2, 0.25) is 0 Å². The largest absolute Gasteiger partial charge is 0.380 e. The van der Waals surface area contributed by atoms with E-state index in [2.05, 4.69) is 44.8 Å². The van der Waals surface area contributed by atoms with E-state index in [0.717, 1.165) is 32.7 Å². The maximum atomic E-state index is 5.69. The first kappa shape index (κ1) is 16.9. The molecule has 1 unspecified atom stereocenters. The molecule has 0 bridgehead atoms. The molecule has 1 aliphatic heterocycles. The van der Waals surface area contributed by atoms with Crippen LogP contribution in [0.4, 0.5) is 0 Å². The Morgan fingerprint density at radius 2 is 1.89 bits per heavy atom. The molecule has 3 nitrogen and oxygen atoms in total. The van der Waals surface area contributed by atoms with Crippen molar-refractivity contribution in [1.82, 2.24) is 10.2 Å². The number of nitrogens with zero attached hydrogens (tertiary/aromatic N) is 1. The van der Waals surface area contributed by atoms with Crippen LogP contribution in [-0.4, -0.2) is 49.3 Å². The fourth-order valence-corrected chi connectivity index (χ4v) is 3.07. The van der Waals surface area contributed by atoms with Gasteiger partial charge in [0.15, 0.2) is 0 Å². The number of ether oxygens (including phenoxy) is 1. The second-order valence-corrected chi connectivity index (χ2v) is 6.26. The minimum Gasteiger partial charge on any atom is -0.380 e. The summed E-state index contributed by atoms with van der Waals surface area (Å²) in [5.41, 5.74) is 0.316. The van der Waals surface area contributed by atoms with Crippen LogP contribution in [-0.2, 0) is 4.74 Å². The number of nitrogens with one attached hydrogen (secondary N) is 1. The summed E-state index contributed by atoms with van der Waals surface area (Å²) in [5, 5.41) is 3.81. The minimum atomic E-state index is 0.316. The summed E-state index contributed by atoms with van der Waals surface area (Å²) >= 11 is 0. The lowest BCUT2D eigenvalue weighted by Gasteiger charge is -2.49. The second kappa shape index (κ2) is 8.23. The van der Waals surface area contributed by atoms with Crippen molar-refractivity contribution in [3.05, 3.63) is 0 Å². The van der Waals surface area contributed by atoms with E-state index in [9.17, 15) is 0 Å². The summed E-state index contributed by atoms with van der Waals surface area (Å²) in [4.78, 5) is 2.66. The van der Waals surface area contributed by atoms with E-state index < -0.39 is 0 Å². The van der Waals surface area contributed by atoms with Crippen molar-refractivity contribution in [1.29, 1.82) is 0 Å². The van der Waals surface area contributed by atoms with Gasteiger partial charge in [0, 0.05) is 37.8 Å². The highest BCUT2D eigenvalue weighted by Crippen LogP contribution is 2.25. The van der Waals surface area contributed by atoms with E-state index in [1.807, 2.05) is 0 Å². The molecule has 1 heterocycles. The monoisotopic (exact) mass is 270 g/mol. The molecule has 1 atom stereocenters. The lowest BCUT2D eigenvalue weighted by Crippen LogP contribution is -2.65. The molecular formula is C16H34N2O. The van der Waals surface area contributed by atoms with Crippen molar-refractivity contribution < 1.29 is 4.74 Å². The Bertz CT molecular complexity index is 239. The summed E-state index contributed by atoms with van der Waals surface area (Å²) < 4.78 is 5.69. The summed E-state index contributed by atoms with van der Waals surface area (Å²) in [6.07, 6.45) is 3.53. The third-order valence-corrected chi connectivity index (χ3v) is 4.66. The third kappa shape index (κ3) is 4.73. The smallest absolute Gasteiger partial charge is 0.0593 e. The molecule has 0 aromatic rings. The molecule has 0 spiro atoms. The summed E-state index contributed by atoms with van der Waals surface area (Å²) in [6, 6.07) is 0.649. The van der Waals surface area contributed by atoms with Crippen molar-refractivity contribution in [3.63, 3.8) is 0 Å². The molecule has 0 aromatic carbocycles. The summed E-state index contributed by atoms with van der Waals surface area (Å²) in [6.45, 7) is 16.6. The highest BCUT2D eigenvalue weighted by molar-refractivity contribution is 4.97. The van der Waals surface area contributed by atoms with Crippen LogP contribution in [0, 0.1) is 5.92 Å². The standard InChI is InChI=1S/C16H34N2O/c1-6-10-19-11-9-18-13-16(7-2,8-3)17-12-15(18)14(4)5/h14-15,17H,6-13H2,1-5H3. The molecule has 0 aromatic heterocycles. The van der Waals surface area contributed by atoms with Crippen LogP contribution < -0.4 is 5.32 Å². The first-order chi connectivity index (χ1) is 9.08. The molecule has 1 fully saturated rings. The Hall–Kier alpha value is -0.120. The lowest BCUT2D eigenvalue weighted by atomic mass is 9.86. The van der Waals surface area contributed by atoms with Crippen molar-refractivity contribution in [3.8, 4) is 0 Å². The van der Waals surface area contributed by atoms with Gasteiger partial charge in [0.1, 0.15) is 0 Å². The quantitative estimate of drug-likeness (QED) is 0.686. The number of rotatable bonds is 8. The molecule has 1 rings (SSSR count). The van der Waals surface area contributed by atoms with E-state index in [-0.39, 0.29) is 0 Å². The first-order valence-corrected chi connectivity index (χ1v) is 8.15. The Morgan fingerprint density at radius 3 is 2.42 bits per heavy atom. The molecular weight excluding hydrogens is 236 g/mol. The SMILES string of the molecule is CCCOCCN1CC(CC)(CC)NCC1C(C)C. The highest BCUT2D eigenvalue weighted by atomic mass is 16.5. The molecule has 0 amide bonds. The molecule has 3 heteroatoms. The molecule has 1 saturated heterocycles. The van der Waals surface area contributed by atoms with Gasteiger partial charge in [-0.25, -0.2) is 0 Å².